The zero-order valence-electron chi connectivity index (χ0n) is 6.61. The second-order valence-electron chi connectivity index (χ2n) is 2.60. The van der Waals surface area contributed by atoms with Crippen LogP contribution in [0.25, 0.3) is 10.9 Å². The van der Waals surface area contributed by atoms with Crippen molar-refractivity contribution in [2.24, 2.45) is 0 Å². The normalized spacial score (nSPS) is 10.2. The molecule has 0 fully saturated rings. The summed E-state index contributed by atoms with van der Waals surface area (Å²) in [7, 11) is 0. The molecule has 0 aliphatic carbocycles. The summed E-state index contributed by atoms with van der Waals surface area (Å²) in [5, 5.41) is 18.2. The van der Waals surface area contributed by atoms with Crippen LogP contribution in [0.3, 0.4) is 0 Å². The summed E-state index contributed by atoms with van der Waals surface area (Å²) in [6.45, 7) is 0. The van der Waals surface area contributed by atoms with E-state index in [9.17, 15) is 4.79 Å². The van der Waals surface area contributed by atoms with E-state index in [1.807, 2.05) is 0 Å². The van der Waals surface area contributed by atoms with Crippen molar-refractivity contribution in [2.45, 2.75) is 0 Å². The van der Waals surface area contributed by atoms with E-state index in [4.69, 9.17) is 5.11 Å². The fraction of sp³-hybridized carbons (Fsp3) is 0. The van der Waals surface area contributed by atoms with Crippen LogP contribution in [0.15, 0.2) is 24.4 Å². The van der Waals surface area contributed by atoms with Gasteiger partial charge in [0.05, 0.1) is 11.7 Å². The summed E-state index contributed by atoms with van der Waals surface area (Å²) in [6.07, 6.45) is 0.610. The Labute approximate surface area is 73.4 Å². The maximum Gasteiger partial charge on any atom is 0.409 e. The van der Waals surface area contributed by atoms with E-state index in [1.165, 1.54) is 0 Å². The predicted octanol–water partition coefficient (Wildman–Crippen LogP) is 1.65. The molecule has 0 atom stereocenters. The molecule has 0 bridgehead atoms. The van der Waals surface area contributed by atoms with Gasteiger partial charge in [0.1, 0.15) is 0 Å². The molecule has 2 rings (SSSR count). The lowest BCUT2D eigenvalue weighted by molar-refractivity contribution is 0.210. The van der Waals surface area contributed by atoms with Gasteiger partial charge in [0.25, 0.3) is 0 Å². The number of hydrogen-bond donors (Lipinski definition) is 3. The van der Waals surface area contributed by atoms with Gasteiger partial charge in [-0.25, -0.2) is 4.79 Å². The number of hydrogen-bond acceptors (Lipinski definition) is 2. The lowest BCUT2D eigenvalue weighted by Gasteiger charge is -1.98. The molecular weight excluding hydrogens is 170 g/mol. The van der Waals surface area contributed by atoms with Crippen LogP contribution in [0.2, 0.25) is 0 Å². The van der Waals surface area contributed by atoms with Gasteiger partial charge in [-0.05, 0) is 18.2 Å². The van der Waals surface area contributed by atoms with E-state index in [0.29, 0.717) is 5.69 Å². The fourth-order valence-corrected chi connectivity index (χ4v) is 1.14. The largest absolute Gasteiger partial charge is 0.465 e. The summed E-state index contributed by atoms with van der Waals surface area (Å²) < 4.78 is 0. The number of nitrogens with zero attached hydrogens (tertiary/aromatic N) is 1. The molecule has 5 heteroatoms. The quantitative estimate of drug-likeness (QED) is 0.619. The van der Waals surface area contributed by atoms with Crippen molar-refractivity contribution >= 4 is 22.7 Å². The number of aromatic nitrogens is 2. The SMILES string of the molecule is O=C(O)Nc1ccc2cn[nH]c2c1. The van der Waals surface area contributed by atoms with Crippen LogP contribution in [0.4, 0.5) is 10.5 Å². The lowest BCUT2D eigenvalue weighted by Crippen LogP contribution is -2.06. The number of amides is 1. The molecule has 13 heavy (non-hydrogen) atoms. The molecule has 2 aromatic rings. The van der Waals surface area contributed by atoms with Crippen molar-refractivity contribution in [3.05, 3.63) is 24.4 Å². The molecule has 0 aliphatic heterocycles. The Bertz CT molecular complexity index is 449. The number of benzene rings is 1. The van der Waals surface area contributed by atoms with E-state index in [2.05, 4.69) is 15.5 Å². The van der Waals surface area contributed by atoms with E-state index in [1.54, 1.807) is 24.4 Å². The minimum Gasteiger partial charge on any atom is -0.465 e. The van der Waals surface area contributed by atoms with Crippen molar-refractivity contribution in [2.75, 3.05) is 5.32 Å². The second kappa shape index (κ2) is 2.78. The maximum absolute atomic E-state index is 10.3. The lowest BCUT2D eigenvalue weighted by atomic mass is 10.2. The first-order chi connectivity index (χ1) is 6.25. The number of carbonyl (C=O) groups is 1. The number of carboxylic acid groups (broad SMARTS) is 1. The average Bonchev–Trinajstić information content (AvgIpc) is 2.49. The molecule has 1 heterocycles. The number of nitrogens with one attached hydrogen (secondary N) is 2. The zero-order chi connectivity index (χ0) is 9.26. The molecule has 1 aromatic heterocycles. The molecule has 3 N–H and O–H groups in total. The minimum atomic E-state index is -1.07. The molecule has 5 nitrogen and oxygen atoms in total. The van der Waals surface area contributed by atoms with Gasteiger partial charge in [-0.2, -0.15) is 5.10 Å². The summed E-state index contributed by atoms with van der Waals surface area (Å²) in [4.78, 5) is 10.3. The second-order valence-corrected chi connectivity index (χ2v) is 2.60. The Morgan fingerprint density at radius 3 is 3.15 bits per heavy atom. The van der Waals surface area contributed by atoms with E-state index >= 15 is 0 Å². The summed E-state index contributed by atoms with van der Waals surface area (Å²) in [5.74, 6) is 0. The third-order valence-corrected chi connectivity index (χ3v) is 1.69. The van der Waals surface area contributed by atoms with Crippen molar-refractivity contribution in [1.29, 1.82) is 0 Å². The highest BCUT2D eigenvalue weighted by Gasteiger charge is 1.99. The van der Waals surface area contributed by atoms with Crippen LogP contribution < -0.4 is 5.32 Å². The number of fused-ring (bicyclic) bond motifs is 1. The Morgan fingerprint density at radius 1 is 1.54 bits per heavy atom. The Morgan fingerprint density at radius 2 is 2.38 bits per heavy atom. The third-order valence-electron chi connectivity index (χ3n) is 1.69. The van der Waals surface area contributed by atoms with Crippen molar-refractivity contribution < 1.29 is 9.90 Å². The van der Waals surface area contributed by atoms with Gasteiger partial charge >= 0.3 is 6.09 Å². The Kier molecular flexibility index (Phi) is 1.63. The number of H-pyrrole nitrogens is 1. The molecule has 0 unspecified atom stereocenters. The van der Waals surface area contributed by atoms with Crippen LogP contribution in [0, 0.1) is 0 Å². The fourth-order valence-electron chi connectivity index (χ4n) is 1.14. The summed E-state index contributed by atoms with van der Waals surface area (Å²) in [5.41, 5.74) is 1.34. The molecule has 0 saturated heterocycles. The summed E-state index contributed by atoms with van der Waals surface area (Å²) >= 11 is 0. The highest BCUT2D eigenvalue weighted by Crippen LogP contribution is 2.16. The highest BCUT2D eigenvalue weighted by atomic mass is 16.4. The number of aromatic amines is 1. The monoisotopic (exact) mass is 177 g/mol. The predicted molar refractivity (Wildman–Crippen MR) is 47.7 cm³/mol. The van der Waals surface area contributed by atoms with Gasteiger partial charge in [0, 0.05) is 11.1 Å². The molecule has 66 valence electrons. The van der Waals surface area contributed by atoms with E-state index in [0.717, 1.165) is 10.9 Å². The first kappa shape index (κ1) is 7.60. The number of rotatable bonds is 1. The topological polar surface area (TPSA) is 78.0 Å². The van der Waals surface area contributed by atoms with Crippen molar-refractivity contribution in [3.8, 4) is 0 Å². The molecule has 0 radical (unpaired) electrons. The first-order valence-electron chi connectivity index (χ1n) is 3.69. The first-order valence-corrected chi connectivity index (χ1v) is 3.69. The highest BCUT2D eigenvalue weighted by molar-refractivity contribution is 5.88. The molecule has 1 aromatic carbocycles. The third kappa shape index (κ3) is 1.44. The van der Waals surface area contributed by atoms with E-state index in [-0.39, 0.29) is 0 Å². The maximum atomic E-state index is 10.3. The minimum absolute atomic E-state index is 0.532. The van der Waals surface area contributed by atoms with Gasteiger partial charge in [0.2, 0.25) is 0 Å². The van der Waals surface area contributed by atoms with Crippen molar-refractivity contribution in [3.63, 3.8) is 0 Å². The smallest absolute Gasteiger partial charge is 0.409 e. The standard InChI is InChI=1S/C8H7N3O2/c12-8(13)10-6-2-1-5-4-9-11-7(5)3-6/h1-4,10H,(H,9,11)(H,12,13). The van der Waals surface area contributed by atoms with Gasteiger partial charge < -0.3 is 5.11 Å². The molecular formula is C8H7N3O2. The van der Waals surface area contributed by atoms with Crippen molar-refractivity contribution in [1.82, 2.24) is 10.2 Å². The number of anilines is 1. The summed E-state index contributed by atoms with van der Waals surface area (Å²) in [6, 6.07) is 5.17. The van der Waals surface area contributed by atoms with Gasteiger partial charge in [-0.15, -0.1) is 0 Å². The molecule has 0 spiro atoms. The Balaban J connectivity index is 2.42. The van der Waals surface area contributed by atoms with Gasteiger partial charge in [-0.1, -0.05) is 0 Å². The zero-order valence-corrected chi connectivity index (χ0v) is 6.61. The van der Waals surface area contributed by atoms with Crippen LogP contribution in [-0.4, -0.2) is 21.4 Å². The van der Waals surface area contributed by atoms with E-state index < -0.39 is 6.09 Å². The Hall–Kier alpha value is -2.04. The molecule has 0 aliphatic rings. The van der Waals surface area contributed by atoms with Gasteiger partial charge in [-0.3, -0.25) is 10.4 Å². The van der Waals surface area contributed by atoms with Gasteiger partial charge in [0.15, 0.2) is 0 Å². The van der Waals surface area contributed by atoms with Crippen LogP contribution in [0.5, 0.6) is 0 Å². The average molecular weight is 177 g/mol. The van der Waals surface area contributed by atoms with Crippen LogP contribution in [-0.2, 0) is 0 Å². The molecule has 1 amide bonds. The van der Waals surface area contributed by atoms with Crippen LogP contribution in [0.1, 0.15) is 0 Å². The van der Waals surface area contributed by atoms with Crippen LogP contribution >= 0.6 is 0 Å². The molecule has 0 saturated carbocycles.